The predicted molar refractivity (Wildman–Crippen MR) is 65.4 cm³/mol. The molecule has 0 saturated heterocycles. The smallest absolute Gasteiger partial charge is 0.319 e. The molecule has 0 aliphatic rings. The first-order chi connectivity index (χ1) is 7.90. The van der Waals surface area contributed by atoms with Gasteiger partial charge in [0.2, 0.25) is 5.78 Å². The summed E-state index contributed by atoms with van der Waals surface area (Å²) in [6.45, 7) is 1.18. The first kappa shape index (κ1) is 13.8. The summed E-state index contributed by atoms with van der Waals surface area (Å²) in [7, 11) is 0. The first-order valence-electron chi connectivity index (χ1n) is 4.84. The standard InChI is InChI=1S/C12H11BrF2O2/c1-8(11(17)12(14,15)7-13)10(16)9-5-3-2-4-6-9/h2-6,16H,7H2,1H3/b10-8-. The van der Waals surface area contributed by atoms with Crippen LogP contribution in [-0.4, -0.2) is 22.1 Å². The van der Waals surface area contributed by atoms with Crippen LogP contribution in [0, 0.1) is 0 Å². The van der Waals surface area contributed by atoms with Crippen LogP contribution in [0.1, 0.15) is 12.5 Å². The van der Waals surface area contributed by atoms with E-state index in [2.05, 4.69) is 15.9 Å². The Morgan fingerprint density at radius 2 is 1.88 bits per heavy atom. The predicted octanol–water partition coefficient (Wildman–Crippen LogP) is 3.57. The number of hydrogen-bond acceptors (Lipinski definition) is 2. The molecule has 0 aromatic heterocycles. The average Bonchev–Trinajstić information content (AvgIpc) is 2.37. The maximum atomic E-state index is 13.1. The fourth-order valence-electron chi connectivity index (χ4n) is 1.26. The Hall–Kier alpha value is -1.23. The number of allylic oxidation sites excluding steroid dienone is 1. The molecule has 0 saturated carbocycles. The highest BCUT2D eigenvalue weighted by molar-refractivity contribution is 9.09. The minimum atomic E-state index is -3.51. The minimum Gasteiger partial charge on any atom is -0.507 e. The summed E-state index contributed by atoms with van der Waals surface area (Å²) in [4.78, 5) is 11.4. The number of ketones is 1. The quantitative estimate of drug-likeness (QED) is 0.524. The van der Waals surface area contributed by atoms with Crippen molar-refractivity contribution in [3.05, 3.63) is 41.5 Å². The Kier molecular flexibility index (Phi) is 4.40. The van der Waals surface area contributed by atoms with Crippen molar-refractivity contribution >= 4 is 27.5 Å². The number of rotatable bonds is 4. The van der Waals surface area contributed by atoms with E-state index in [1.165, 1.54) is 6.92 Å². The monoisotopic (exact) mass is 304 g/mol. The summed E-state index contributed by atoms with van der Waals surface area (Å²) in [6, 6.07) is 8.09. The van der Waals surface area contributed by atoms with Crippen LogP contribution < -0.4 is 0 Å². The molecule has 1 aromatic rings. The van der Waals surface area contributed by atoms with E-state index in [0.29, 0.717) is 5.56 Å². The van der Waals surface area contributed by atoms with Crippen molar-refractivity contribution in [2.45, 2.75) is 12.8 Å². The third kappa shape index (κ3) is 3.12. The third-order valence-corrected chi connectivity index (χ3v) is 2.95. The molecule has 0 heterocycles. The van der Waals surface area contributed by atoms with Crippen LogP contribution in [0.4, 0.5) is 8.78 Å². The molecule has 1 N–H and O–H groups in total. The topological polar surface area (TPSA) is 37.3 Å². The van der Waals surface area contributed by atoms with Crippen molar-refractivity contribution in [3.8, 4) is 0 Å². The van der Waals surface area contributed by atoms with Gasteiger partial charge in [0.25, 0.3) is 0 Å². The number of benzene rings is 1. The van der Waals surface area contributed by atoms with Crippen LogP contribution >= 0.6 is 15.9 Å². The van der Waals surface area contributed by atoms with Crippen LogP contribution in [0.15, 0.2) is 35.9 Å². The second-order valence-electron chi connectivity index (χ2n) is 3.51. The van der Waals surface area contributed by atoms with E-state index in [0.717, 1.165) is 0 Å². The van der Waals surface area contributed by atoms with Crippen molar-refractivity contribution in [2.75, 3.05) is 5.33 Å². The molecule has 0 spiro atoms. The second-order valence-corrected chi connectivity index (χ2v) is 4.07. The lowest BCUT2D eigenvalue weighted by molar-refractivity contribution is -0.135. The summed E-state index contributed by atoms with van der Waals surface area (Å²) in [5.74, 6) is -5.31. The summed E-state index contributed by atoms with van der Waals surface area (Å²) in [5.41, 5.74) is -0.00984. The Morgan fingerprint density at radius 1 is 1.35 bits per heavy atom. The van der Waals surface area contributed by atoms with Gasteiger partial charge in [-0.05, 0) is 6.92 Å². The summed E-state index contributed by atoms with van der Waals surface area (Å²) >= 11 is 2.57. The van der Waals surface area contributed by atoms with E-state index >= 15 is 0 Å². The van der Waals surface area contributed by atoms with Crippen LogP contribution in [0.3, 0.4) is 0 Å². The van der Waals surface area contributed by atoms with E-state index < -0.39 is 22.8 Å². The molecule has 2 nitrogen and oxygen atoms in total. The van der Waals surface area contributed by atoms with Crippen LogP contribution in [-0.2, 0) is 4.79 Å². The van der Waals surface area contributed by atoms with Gasteiger partial charge in [0.1, 0.15) is 5.76 Å². The van der Waals surface area contributed by atoms with E-state index in [9.17, 15) is 18.7 Å². The van der Waals surface area contributed by atoms with E-state index in [1.807, 2.05) is 0 Å². The number of hydrogen-bond donors (Lipinski definition) is 1. The van der Waals surface area contributed by atoms with Gasteiger partial charge in [0.05, 0.1) is 5.33 Å². The zero-order chi connectivity index (χ0) is 13.1. The van der Waals surface area contributed by atoms with Crippen molar-refractivity contribution in [2.24, 2.45) is 0 Å². The maximum Gasteiger partial charge on any atom is 0.319 e. The van der Waals surface area contributed by atoms with Gasteiger partial charge in [0.15, 0.2) is 0 Å². The summed E-state index contributed by atoms with van der Waals surface area (Å²) in [5, 5.41) is 8.96. The van der Waals surface area contributed by atoms with Crippen molar-refractivity contribution in [3.63, 3.8) is 0 Å². The number of carbonyl (C=O) groups excluding carboxylic acids is 1. The highest BCUT2D eigenvalue weighted by Gasteiger charge is 2.39. The number of Topliss-reactive ketones (excluding diaryl/α,β-unsaturated/α-hetero) is 1. The molecule has 92 valence electrons. The van der Waals surface area contributed by atoms with Gasteiger partial charge in [-0.2, -0.15) is 8.78 Å². The Morgan fingerprint density at radius 3 is 2.35 bits per heavy atom. The molecule has 0 unspecified atom stereocenters. The first-order valence-corrected chi connectivity index (χ1v) is 5.96. The molecule has 0 fully saturated rings. The van der Waals surface area contributed by atoms with Crippen molar-refractivity contribution < 1.29 is 18.7 Å². The summed E-state index contributed by atoms with van der Waals surface area (Å²) in [6.07, 6.45) is 0. The molecular formula is C12H11BrF2O2. The molecule has 0 aliphatic carbocycles. The number of carbonyl (C=O) groups is 1. The molecule has 0 radical (unpaired) electrons. The molecule has 0 bridgehead atoms. The molecule has 1 aromatic carbocycles. The second kappa shape index (κ2) is 5.40. The van der Waals surface area contributed by atoms with Gasteiger partial charge < -0.3 is 5.11 Å². The summed E-state index contributed by atoms with van der Waals surface area (Å²) < 4.78 is 26.3. The van der Waals surface area contributed by atoms with Gasteiger partial charge in [0, 0.05) is 11.1 Å². The maximum absolute atomic E-state index is 13.1. The van der Waals surface area contributed by atoms with Gasteiger partial charge in [-0.15, -0.1) is 0 Å². The average molecular weight is 305 g/mol. The molecular weight excluding hydrogens is 294 g/mol. The van der Waals surface area contributed by atoms with Gasteiger partial charge in [-0.1, -0.05) is 46.3 Å². The van der Waals surface area contributed by atoms with Crippen molar-refractivity contribution in [1.29, 1.82) is 0 Å². The third-order valence-electron chi connectivity index (χ3n) is 2.24. The van der Waals surface area contributed by atoms with Crippen LogP contribution in [0.25, 0.3) is 5.76 Å². The molecule has 0 amide bonds. The molecule has 5 heteroatoms. The highest BCUT2D eigenvalue weighted by Crippen LogP contribution is 2.25. The van der Waals surface area contributed by atoms with Crippen LogP contribution in [0.5, 0.6) is 0 Å². The Bertz CT molecular complexity index is 441. The van der Waals surface area contributed by atoms with Gasteiger partial charge >= 0.3 is 5.92 Å². The lowest BCUT2D eigenvalue weighted by Gasteiger charge is -2.13. The van der Waals surface area contributed by atoms with E-state index in [1.54, 1.807) is 30.3 Å². The molecule has 0 atom stereocenters. The minimum absolute atomic E-state index is 0.337. The number of halogens is 3. The normalized spacial score (nSPS) is 13.2. The SMILES string of the molecule is C/C(C(=O)C(F)(F)CBr)=C(/O)c1ccccc1. The van der Waals surface area contributed by atoms with Crippen LogP contribution in [0.2, 0.25) is 0 Å². The number of aliphatic hydroxyl groups is 1. The Balaban J connectivity index is 3.11. The van der Waals surface area contributed by atoms with Gasteiger partial charge in [-0.25, -0.2) is 0 Å². The number of alkyl halides is 3. The van der Waals surface area contributed by atoms with E-state index in [-0.39, 0.29) is 5.57 Å². The fraction of sp³-hybridized carbons (Fsp3) is 0.250. The molecule has 0 aliphatic heterocycles. The lowest BCUT2D eigenvalue weighted by atomic mass is 10.0. The highest BCUT2D eigenvalue weighted by atomic mass is 79.9. The largest absolute Gasteiger partial charge is 0.507 e. The Labute approximate surface area is 106 Å². The van der Waals surface area contributed by atoms with E-state index in [4.69, 9.17) is 0 Å². The van der Waals surface area contributed by atoms with Gasteiger partial charge in [-0.3, -0.25) is 4.79 Å². The zero-order valence-electron chi connectivity index (χ0n) is 9.08. The zero-order valence-corrected chi connectivity index (χ0v) is 10.7. The lowest BCUT2D eigenvalue weighted by Crippen LogP contribution is -2.31. The number of aliphatic hydroxyl groups excluding tert-OH is 1. The fourth-order valence-corrected chi connectivity index (χ4v) is 1.51. The van der Waals surface area contributed by atoms with Crippen molar-refractivity contribution in [1.82, 2.24) is 0 Å². The molecule has 17 heavy (non-hydrogen) atoms. The molecule has 1 rings (SSSR count).